The monoisotopic (exact) mass is 528 g/mol. The van der Waals surface area contributed by atoms with Crippen LogP contribution in [0.2, 0.25) is 0 Å². The Morgan fingerprint density at radius 3 is 2.60 bits per heavy atom. The van der Waals surface area contributed by atoms with Crippen molar-refractivity contribution < 1.29 is 22.7 Å². The maximum atomic E-state index is 13.5. The number of nitrogens with one attached hydrogen (secondary N) is 3. The molecule has 0 aromatic heterocycles. The van der Waals surface area contributed by atoms with Gasteiger partial charge in [-0.25, -0.2) is 8.42 Å². The first-order valence-corrected chi connectivity index (χ1v) is 15.9. The van der Waals surface area contributed by atoms with Gasteiger partial charge in [0.2, 0.25) is 11.8 Å². The van der Waals surface area contributed by atoms with Gasteiger partial charge in [-0.05, 0) is 50.9 Å². The summed E-state index contributed by atoms with van der Waals surface area (Å²) in [4.78, 5) is 28.0. The van der Waals surface area contributed by atoms with E-state index in [4.69, 9.17) is 4.74 Å². The molecule has 5 fully saturated rings. The molecule has 9 unspecified atom stereocenters. The number of ether oxygens (including phenoxy) is 1. The largest absolute Gasteiger partial charge is 0.381 e. The van der Waals surface area contributed by atoms with Crippen molar-refractivity contribution in [2.45, 2.75) is 86.1 Å². The van der Waals surface area contributed by atoms with Crippen LogP contribution in [0, 0.1) is 17.8 Å². The molecule has 9 atom stereocenters. The summed E-state index contributed by atoms with van der Waals surface area (Å²) in [6.45, 7) is 3.91. The van der Waals surface area contributed by atoms with Crippen LogP contribution in [0.4, 0.5) is 0 Å². The Bertz CT molecular complexity index is 904. The quantitative estimate of drug-likeness (QED) is 0.478. The van der Waals surface area contributed by atoms with Crippen LogP contribution in [0.15, 0.2) is 0 Å². The maximum Gasteiger partial charge on any atom is 0.240 e. The highest BCUT2D eigenvalue weighted by atomic mass is 32.2. The molecule has 198 valence electrons. The van der Waals surface area contributed by atoms with Gasteiger partial charge in [-0.3, -0.25) is 14.9 Å². The van der Waals surface area contributed by atoms with Gasteiger partial charge in [0.05, 0.1) is 17.8 Å². The van der Waals surface area contributed by atoms with Crippen molar-refractivity contribution in [3.05, 3.63) is 0 Å². The summed E-state index contributed by atoms with van der Waals surface area (Å²) in [5.74, 6) is 0.607. The van der Waals surface area contributed by atoms with E-state index >= 15 is 0 Å². The number of methoxy groups -OCH3 is 1. The lowest BCUT2D eigenvalue weighted by molar-refractivity contribution is -0.131. The number of rotatable bonds is 5. The average Bonchev–Trinajstić information content (AvgIpc) is 3.50. The summed E-state index contributed by atoms with van der Waals surface area (Å²) in [6, 6.07) is 0.462. The lowest BCUT2D eigenvalue weighted by Crippen LogP contribution is -2.55. The van der Waals surface area contributed by atoms with E-state index < -0.39 is 15.1 Å². The molecule has 0 spiro atoms. The summed E-state index contributed by atoms with van der Waals surface area (Å²) in [6.07, 6.45) is 6.84. The molecule has 0 bridgehead atoms. The van der Waals surface area contributed by atoms with Crippen molar-refractivity contribution in [1.82, 2.24) is 20.9 Å². The van der Waals surface area contributed by atoms with Crippen LogP contribution < -0.4 is 16.0 Å². The second kappa shape index (κ2) is 10.5. The van der Waals surface area contributed by atoms with Gasteiger partial charge in [-0.1, -0.05) is 12.8 Å². The fourth-order valence-corrected chi connectivity index (χ4v) is 10.3. The van der Waals surface area contributed by atoms with Crippen molar-refractivity contribution in [3.8, 4) is 0 Å². The Morgan fingerprint density at radius 2 is 1.89 bits per heavy atom. The Balaban J connectivity index is 1.17. The first kappa shape index (κ1) is 25.8. The smallest absolute Gasteiger partial charge is 0.240 e. The van der Waals surface area contributed by atoms with Crippen molar-refractivity contribution in [1.29, 1.82) is 0 Å². The maximum absolute atomic E-state index is 13.5. The van der Waals surface area contributed by atoms with Crippen molar-refractivity contribution in [2.24, 2.45) is 17.8 Å². The van der Waals surface area contributed by atoms with E-state index in [1.807, 2.05) is 0 Å². The lowest BCUT2D eigenvalue weighted by Gasteiger charge is -2.44. The van der Waals surface area contributed by atoms with Gasteiger partial charge < -0.3 is 20.3 Å². The molecular formula is C24H40N4O5S2. The van der Waals surface area contributed by atoms with Crippen LogP contribution in [0.25, 0.3) is 0 Å². The highest BCUT2D eigenvalue weighted by Gasteiger charge is 2.48. The molecule has 1 saturated carbocycles. The summed E-state index contributed by atoms with van der Waals surface area (Å²) in [5, 5.41) is 9.53. The number of amides is 2. The standard InChI is InChI=1S/C24H40N4O5S2/c1-14-10-16(15-6-3-4-7-19(15)33-2)17(11-25-14)22(29)27-24-26-18-12-28(13-20(18)34-24)23(30)21-8-5-9-35(21,31)32/h14-21,24-26H,3-13H2,1-2H3,(H,27,29). The van der Waals surface area contributed by atoms with Gasteiger partial charge in [0.1, 0.15) is 10.7 Å². The Labute approximate surface area is 213 Å². The van der Waals surface area contributed by atoms with Crippen LogP contribution in [-0.2, 0) is 24.2 Å². The molecule has 0 aromatic rings. The van der Waals surface area contributed by atoms with E-state index in [0.717, 1.165) is 19.3 Å². The minimum atomic E-state index is -3.30. The van der Waals surface area contributed by atoms with Crippen molar-refractivity contribution in [2.75, 3.05) is 32.5 Å². The molecule has 4 aliphatic heterocycles. The van der Waals surface area contributed by atoms with E-state index in [1.54, 1.807) is 23.8 Å². The fourth-order valence-electron chi connectivity index (χ4n) is 7.05. The summed E-state index contributed by atoms with van der Waals surface area (Å²) >= 11 is 1.65. The predicted octanol–water partition coefficient (Wildman–Crippen LogP) is 0.699. The van der Waals surface area contributed by atoms with Gasteiger partial charge in [0, 0.05) is 44.1 Å². The molecule has 0 aromatic carbocycles. The summed E-state index contributed by atoms with van der Waals surface area (Å²) in [5.41, 5.74) is -0.186. The van der Waals surface area contributed by atoms with Crippen LogP contribution in [0.5, 0.6) is 0 Å². The molecule has 3 N–H and O–H groups in total. The number of sulfone groups is 1. The number of fused-ring (bicyclic) bond motifs is 1. The first-order chi connectivity index (χ1) is 16.8. The van der Waals surface area contributed by atoms with E-state index in [0.29, 0.717) is 50.4 Å². The molecular weight excluding hydrogens is 488 g/mol. The zero-order chi connectivity index (χ0) is 24.7. The molecule has 5 aliphatic rings. The van der Waals surface area contributed by atoms with E-state index in [2.05, 4.69) is 22.9 Å². The van der Waals surface area contributed by atoms with Gasteiger partial charge in [0.25, 0.3) is 0 Å². The van der Waals surface area contributed by atoms with Gasteiger partial charge >= 0.3 is 0 Å². The second-order valence-electron chi connectivity index (χ2n) is 11.1. The number of carbonyl (C=O) groups is 2. The van der Waals surface area contributed by atoms with E-state index in [9.17, 15) is 18.0 Å². The zero-order valence-electron chi connectivity index (χ0n) is 20.8. The number of thioether (sulfide) groups is 1. The Hall–Kier alpha value is -0.880. The average molecular weight is 529 g/mol. The van der Waals surface area contributed by atoms with E-state index in [-0.39, 0.29) is 46.4 Å². The van der Waals surface area contributed by atoms with Crippen LogP contribution >= 0.6 is 11.8 Å². The minimum absolute atomic E-state index is 0.0647. The number of likely N-dealkylation sites (tertiary alicyclic amines) is 1. The Morgan fingerprint density at radius 1 is 1.09 bits per heavy atom. The number of piperidine rings is 1. The normalized spacial score (nSPS) is 43.1. The number of carbonyl (C=O) groups excluding carboxylic acids is 2. The Kier molecular flexibility index (Phi) is 7.71. The number of nitrogens with zero attached hydrogens (tertiary/aromatic N) is 1. The third-order valence-electron chi connectivity index (χ3n) is 8.90. The SMILES string of the molecule is COC1CCCCC1C1CC(C)NCC1C(=O)NC1NC2CN(C(=O)C3CCCS3(=O)=O)CC2S1. The van der Waals surface area contributed by atoms with Gasteiger partial charge in [-0.2, -0.15) is 0 Å². The molecule has 0 radical (unpaired) electrons. The van der Waals surface area contributed by atoms with E-state index in [1.165, 1.54) is 12.8 Å². The second-order valence-corrected chi connectivity index (χ2v) is 14.8. The molecule has 1 aliphatic carbocycles. The lowest BCUT2D eigenvalue weighted by atomic mass is 9.68. The third kappa shape index (κ3) is 5.26. The number of hydrogen-bond donors (Lipinski definition) is 3. The van der Waals surface area contributed by atoms with Gasteiger partial charge in [0.15, 0.2) is 9.84 Å². The third-order valence-corrected chi connectivity index (χ3v) is 12.4. The van der Waals surface area contributed by atoms with Crippen LogP contribution in [0.3, 0.4) is 0 Å². The van der Waals surface area contributed by atoms with Crippen molar-refractivity contribution >= 4 is 33.4 Å². The topological polar surface area (TPSA) is 117 Å². The molecule has 2 amide bonds. The molecule has 11 heteroatoms. The number of hydrogen-bond acceptors (Lipinski definition) is 8. The van der Waals surface area contributed by atoms with Crippen molar-refractivity contribution in [3.63, 3.8) is 0 Å². The highest BCUT2D eigenvalue weighted by molar-refractivity contribution is 8.00. The molecule has 4 saturated heterocycles. The highest BCUT2D eigenvalue weighted by Crippen LogP contribution is 2.40. The molecule has 4 heterocycles. The zero-order valence-corrected chi connectivity index (χ0v) is 22.4. The van der Waals surface area contributed by atoms with Crippen LogP contribution in [0.1, 0.15) is 51.9 Å². The minimum Gasteiger partial charge on any atom is -0.381 e. The summed E-state index contributed by atoms with van der Waals surface area (Å²) in [7, 11) is -1.50. The fraction of sp³-hybridized carbons (Fsp3) is 0.917. The van der Waals surface area contributed by atoms with Crippen LogP contribution in [-0.4, -0.2) is 91.8 Å². The predicted molar refractivity (Wildman–Crippen MR) is 135 cm³/mol. The molecule has 9 nitrogen and oxygen atoms in total. The summed E-state index contributed by atoms with van der Waals surface area (Å²) < 4.78 is 30.2. The van der Waals surface area contributed by atoms with Gasteiger partial charge in [-0.15, -0.1) is 11.8 Å². The first-order valence-electron chi connectivity index (χ1n) is 13.2. The molecule has 5 rings (SSSR count). The molecule has 35 heavy (non-hydrogen) atoms.